The molecule has 1 atom stereocenters. The third kappa shape index (κ3) is 3.37. The van der Waals surface area contributed by atoms with Crippen LogP contribution in [0.4, 0.5) is 5.82 Å². The Morgan fingerprint density at radius 1 is 1.29 bits per heavy atom. The fourth-order valence-corrected chi connectivity index (χ4v) is 3.10. The summed E-state index contributed by atoms with van der Waals surface area (Å²) in [6.07, 6.45) is 5.26. The van der Waals surface area contributed by atoms with Crippen LogP contribution >= 0.6 is 11.3 Å². The molecule has 21 heavy (non-hydrogen) atoms. The summed E-state index contributed by atoms with van der Waals surface area (Å²) in [4.78, 5) is 17.6. The molecule has 0 amide bonds. The second kappa shape index (κ2) is 6.46. The normalized spacial score (nSPS) is 19.6. The second-order valence-corrected chi connectivity index (χ2v) is 6.16. The van der Waals surface area contributed by atoms with Crippen LogP contribution in [-0.2, 0) is 11.3 Å². The Kier molecular flexibility index (Phi) is 4.42. The van der Waals surface area contributed by atoms with Crippen molar-refractivity contribution in [2.45, 2.75) is 12.6 Å². The van der Waals surface area contributed by atoms with Crippen LogP contribution in [0.25, 0.3) is 0 Å². The van der Waals surface area contributed by atoms with Gasteiger partial charge in [-0.05, 0) is 0 Å². The highest BCUT2D eigenvalue weighted by atomic mass is 32.1. The molecule has 7 heteroatoms. The lowest BCUT2D eigenvalue weighted by Gasteiger charge is -2.33. The van der Waals surface area contributed by atoms with E-state index in [2.05, 4.69) is 19.9 Å². The number of nitrogens with zero attached hydrogens (tertiary/aromatic N) is 5. The van der Waals surface area contributed by atoms with Gasteiger partial charge in [-0.3, -0.25) is 9.88 Å². The monoisotopic (exact) mass is 305 g/mol. The maximum Gasteiger partial charge on any atom is 0.152 e. The lowest BCUT2D eigenvalue weighted by molar-refractivity contribution is -0.0348. The largest absolute Gasteiger partial charge is 0.369 e. The van der Waals surface area contributed by atoms with E-state index >= 15 is 0 Å². The molecule has 3 rings (SSSR count). The van der Waals surface area contributed by atoms with Crippen molar-refractivity contribution in [3.63, 3.8) is 0 Å². The van der Waals surface area contributed by atoms with Crippen LogP contribution in [0.5, 0.6) is 0 Å². The second-order valence-electron chi connectivity index (χ2n) is 5.18. The molecule has 0 N–H and O–H groups in total. The maximum absolute atomic E-state index is 5.92. The Labute approximate surface area is 128 Å². The first-order valence-electron chi connectivity index (χ1n) is 6.94. The molecule has 0 saturated carbocycles. The van der Waals surface area contributed by atoms with Crippen molar-refractivity contribution >= 4 is 17.2 Å². The fraction of sp³-hybridized carbons (Fsp3) is 0.500. The number of thiazole rings is 1. The predicted molar refractivity (Wildman–Crippen MR) is 82.4 cm³/mol. The maximum atomic E-state index is 5.92. The molecule has 0 unspecified atom stereocenters. The van der Waals surface area contributed by atoms with E-state index in [1.807, 2.05) is 30.6 Å². The van der Waals surface area contributed by atoms with Gasteiger partial charge in [0, 0.05) is 51.2 Å². The highest BCUT2D eigenvalue weighted by Crippen LogP contribution is 2.27. The molecule has 0 radical (unpaired) electrons. The molecular formula is C14H19N5OS. The average Bonchev–Trinajstić information content (AvgIpc) is 3.00. The Morgan fingerprint density at radius 3 is 2.90 bits per heavy atom. The number of morpholine rings is 1. The van der Waals surface area contributed by atoms with Crippen LogP contribution < -0.4 is 4.90 Å². The number of aromatic nitrogens is 3. The van der Waals surface area contributed by atoms with E-state index in [-0.39, 0.29) is 6.10 Å². The lowest BCUT2D eigenvalue weighted by atomic mass is 10.2. The Morgan fingerprint density at radius 2 is 2.14 bits per heavy atom. The molecule has 1 fully saturated rings. The molecule has 3 heterocycles. The molecule has 2 aromatic rings. The number of hydrogen-bond donors (Lipinski definition) is 0. The third-order valence-electron chi connectivity index (χ3n) is 3.43. The van der Waals surface area contributed by atoms with Gasteiger partial charge in [-0.25, -0.2) is 9.97 Å². The summed E-state index contributed by atoms with van der Waals surface area (Å²) in [5.74, 6) is 0.874. The number of rotatable bonds is 4. The van der Waals surface area contributed by atoms with Gasteiger partial charge in [0.25, 0.3) is 0 Å². The molecule has 2 aromatic heterocycles. The molecular weight excluding hydrogens is 286 g/mol. The summed E-state index contributed by atoms with van der Waals surface area (Å²) >= 11 is 1.69. The van der Waals surface area contributed by atoms with E-state index in [9.17, 15) is 0 Å². The zero-order valence-electron chi connectivity index (χ0n) is 12.3. The van der Waals surface area contributed by atoms with E-state index in [4.69, 9.17) is 4.74 Å². The molecule has 0 aliphatic carbocycles. The minimum atomic E-state index is -0.0372. The Hall–Kier alpha value is -1.57. The smallest absolute Gasteiger partial charge is 0.152 e. The Balaban J connectivity index is 1.74. The first kappa shape index (κ1) is 14.4. The molecule has 0 bridgehead atoms. The van der Waals surface area contributed by atoms with Crippen molar-refractivity contribution in [1.82, 2.24) is 19.9 Å². The molecule has 1 aliphatic rings. The summed E-state index contributed by atoms with van der Waals surface area (Å²) in [5, 5.41) is 3.16. The van der Waals surface area contributed by atoms with Crippen LogP contribution in [0.1, 0.15) is 16.8 Å². The molecule has 1 saturated heterocycles. The zero-order valence-corrected chi connectivity index (χ0v) is 13.1. The van der Waals surface area contributed by atoms with Gasteiger partial charge in [0.2, 0.25) is 0 Å². The van der Waals surface area contributed by atoms with Gasteiger partial charge in [0.05, 0.1) is 13.2 Å². The molecule has 112 valence electrons. The lowest BCUT2D eigenvalue weighted by Crippen LogP contribution is -2.38. The zero-order chi connectivity index (χ0) is 14.7. The van der Waals surface area contributed by atoms with E-state index < -0.39 is 0 Å². The molecule has 0 aromatic carbocycles. The van der Waals surface area contributed by atoms with Crippen LogP contribution in [-0.4, -0.2) is 53.6 Å². The minimum Gasteiger partial charge on any atom is -0.369 e. The standard InChI is InChI=1S/C14H19N5OS/c1-18(2)14-13(16-3-4-17-14)11-9-19(6-7-20-11)10-12-15-5-8-21-12/h3-5,8,11H,6-7,9-10H2,1-2H3/t11-/m1/s1. The summed E-state index contributed by atoms with van der Waals surface area (Å²) in [5.41, 5.74) is 0.909. The number of anilines is 1. The molecule has 1 aliphatic heterocycles. The van der Waals surface area contributed by atoms with E-state index in [0.29, 0.717) is 6.61 Å². The SMILES string of the molecule is CN(C)c1nccnc1[C@H]1CN(Cc2nccs2)CCO1. The summed E-state index contributed by atoms with van der Waals surface area (Å²) in [7, 11) is 3.95. The first-order valence-corrected chi connectivity index (χ1v) is 7.82. The summed E-state index contributed by atoms with van der Waals surface area (Å²) in [6, 6.07) is 0. The topological polar surface area (TPSA) is 54.4 Å². The average molecular weight is 305 g/mol. The van der Waals surface area contributed by atoms with Crippen molar-refractivity contribution < 1.29 is 4.74 Å². The first-order chi connectivity index (χ1) is 10.2. The predicted octanol–water partition coefficient (Wildman–Crippen LogP) is 1.57. The Bertz CT molecular complexity index is 575. The highest BCUT2D eigenvalue weighted by Gasteiger charge is 2.26. The van der Waals surface area contributed by atoms with Crippen molar-refractivity contribution in [2.24, 2.45) is 0 Å². The van der Waals surface area contributed by atoms with Gasteiger partial charge in [0.1, 0.15) is 16.8 Å². The van der Waals surface area contributed by atoms with Crippen LogP contribution in [0.15, 0.2) is 24.0 Å². The van der Waals surface area contributed by atoms with E-state index in [1.54, 1.807) is 23.7 Å². The molecule has 6 nitrogen and oxygen atoms in total. The summed E-state index contributed by atoms with van der Waals surface area (Å²) < 4.78 is 5.92. The van der Waals surface area contributed by atoms with Crippen LogP contribution in [0, 0.1) is 0 Å². The highest BCUT2D eigenvalue weighted by molar-refractivity contribution is 7.09. The van der Waals surface area contributed by atoms with Crippen molar-refractivity contribution in [3.8, 4) is 0 Å². The van der Waals surface area contributed by atoms with Gasteiger partial charge < -0.3 is 9.64 Å². The van der Waals surface area contributed by atoms with E-state index in [0.717, 1.165) is 36.2 Å². The quantitative estimate of drug-likeness (QED) is 0.855. The fourth-order valence-electron chi connectivity index (χ4n) is 2.45. The third-order valence-corrected chi connectivity index (χ3v) is 4.19. The van der Waals surface area contributed by atoms with Crippen molar-refractivity contribution in [2.75, 3.05) is 38.7 Å². The van der Waals surface area contributed by atoms with Crippen molar-refractivity contribution in [3.05, 3.63) is 34.7 Å². The van der Waals surface area contributed by atoms with E-state index in [1.165, 1.54) is 0 Å². The molecule has 0 spiro atoms. The van der Waals surface area contributed by atoms with Gasteiger partial charge in [-0.1, -0.05) is 0 Å². The number of ether oxygens (including phenoxy) is 1. The summed E-state index contributed by atoms with van der Waals surface area (Å²) in [6.45, 7) is 3.32. The van der Waals surface area contributed by atoms with Gasteiger partial charge in [0.15, 0.2) is 5.82 Å². The van der Waals surface area contributed by atoms with Crippen LogP contribution in [0.2, 0.25) is 0 Å². The van der Waals surface area contributed by atoms with Crippen molar-refractivity contribution in [1.29, 1.82) is 0 Å². The number of hydrogen-bond acceptors (Lipinski definition) is 7. The van der Waals surface area contributed by atoms with Gasteiger partial charge in [-0.2, -0.15) is 0 Å². The van der Waals surface area contributed by atoms with Gasteiger partial charge in [-0.15, -0.1) is 11.3 Å². The minimum absolute atomic E-state index is 0.0372. The van der Waals surface area contributed by atoms with Crippen LogP contribution in [0.3, 0.4) is 0 Å². The van der Waals surface area contributed by atoms with Gasteiger partial charge >= 0.3 is 0 Å².